The van der Waals surface area contributed by atoms with Crippen LogP contribution in [0.3, 0.4) is 0 Å². The highest BCUT2D eigenvalue weighted by Gasteiger charge is 2.17. The van der Waals surface area contributed by atoms with Gasteiger partial charge in [0.25, 0.3) is 5.91 Å². The molecule has 0 atom stereocenters. The van der Waals surface area contributed by atoms with Crippen molar-refractivity contribution in [3.05, 3.63) is 44.6 Å². The van der Waals surface area contributed by atoms with Gasteiger partial charge in [-0.3, -0.25) is 4.79 Å². The van der Waals surface area contributed by atoms with E-state index < -0.39 is 0 Å². The van der Waals surface area contributed by atoms with Crippen LogP contribution in [0, 0.1) is 0 Å². The van der Waals surface area contributed by atoms with Crippen LogP contribution in [-0.2, 0) is 6.54 Å². The minimum Gasteiger partial charge on any atom is -0.332 e. The average molecular weight is 316 g/mol. The van der Waals surface area contributed by atoms with Crippen molar-refractivity contribution in [2.24, 2.45) is 0 Å². The molecule has 2 rings (SSSR count). The molecule has 0 spiro atoms. The molecule has 0 radical (unpaired) electrons. The van der Waals surface area contributed by atoms with Gasteiger partial charge in [0.15, 0.2) is 0 Å². The Morgan fingerprint density at radius 3 is 2.63 bits per heavy atom. The van der Waals surface area contributed by atoms with E-state index in [2.05, 4.69) is 9.97 Å². The van der Waals surface area contributed by atoms with Crippen LogP contribution in [0.5, 0.6) is 0 Å². The Hall–Kier alpha value is -1.17. The highest BCUT2D eigenvalue weighted by atomic mass is 35.5. The van der Waals surface area contributed by atoms with Gasteiger partial charge in [-0.05, 0) is 19.1 Å². The zero-order valence-corrected chi connectivity index (χ0v) is 12.5. The second-order valence-corrected chi connectivity index (χ2v) is 5.94. The normalized spacial score (nSPS) is 10.5. The fourth-order valence-corrected chi connectivity index (χ4v) is 2.74. The molecule has 7 heteroatoms. The third kappa shape index (κ3) is 3.65. The lowest BCUT2D eigenvalue weighted by Crippen LogP contribution is -2.30. The van der Waals surface area contributed by atoms with Gasteiger partial charge < -0.3 is 4.90 Å². The maximum atomic E-state index is 12.3. The van der Waals surface area contributed by atoms with Crippen LogP contribution < -0.4 is 0 Å². The van der Waals surface area contributed by atoms with Gasteiger partial charge in [0, 0.05) is 11.4 Å². The summed E-state index contributed by atoms with van der Waals surface area (Å²) in [6.07, 6.45) is 2.75. The average Bonchev–Trinajstić information content (AvgIpc) is 2.81. The minimum atomic E-state index is -0.170. The molecule has 0 saturated carbocycles. The van der Waals surface area contributed by atoms with Crippen LogP contribution in [-0.4, -0.2) is 27.3 Å². The molecule has 0 fully saturated rings. The molecule has 0 bridgehead atoms. The Kier molecular flexibility index (Phi) is 4.74. The van der Waals surface area contributed by atoms with E-state index in [4.69, 9.17) is 23.2 Å². The maximum absolute atomic E-state index is 12.3. The molecule has 0 aliphatic rings. The number of amides is 1. The third-order valence-corrected chi connectivity index (χ3v) is 3.90. The summed E-state index contributed by atoms with van der Waals surface area (Å²) in [6.45, 7) is 3.01. The summed E-state index contributed by atoms with van der Waals surface area (Å²) in [5.74, 6) is -0.170. The van der Waals surface area contributed by atoms with Gasteiger partial charge in [-0.25, -0.2) is 9.97 Å². The summed E-state index contributed by atoms with van der Waals surface area (Å²) < 4.78 is 0.713. The molecule has 0 aliphatic heterocycles. The van der Waals surface area contributed by atoms with Crippen LogP contribution in [0.1, 0.15) is 22.3 Å². The van der Waals surface area contributed by atoms with E-state index in [1.165, 1.54) is 23.7 Å². The molecule has 0 aliphatic carbocycles. The fourth-order valence-electron chi connectivity index (χ4n) is 1.54. The topological polar surface area (TPSA) is 46.1 Å². The summed E-state index contributed by atoms with van der Waals surface area (Å²) in [7, 11) is 0. The summed E-state index contributed by atoms with van der Waals surface area (Å²) in [4.78, 5) is 22.8. The van der Waals surface area contributed by atoms with Gasteiger partial charge in [0.05, 0.1) is 23.3 Å². The zero-order chi connectivity index (χ0) is 13.8. The fraction of sp³-hybridized carbons (Fsp3) is 0.250. The monoisotopic (exact) mass is 315 g/mol. The van der Waals surface area contributed by atoms with Crippen molar-refractivity contribution in [1.29, 1.82) is 0 Å². The van der Waals surface area contributed by atoms with Gasteiger partial charge in [-0.15, -0.1) is 11.3 Å². The molecular weight excluding hydrogens is 305 g/mol. The van der Waals surface area contributed by atoms with E-state index in [0.717, 1.165) is 4.88 Å². The van der Waals surface area contributed by atoms with Gasteiger partial charge in [-0.2, -0.15) is 0 Å². The molecule has 4 nitrogen and oxygen atoms in total. The van der Waals surface area contributed by atoms with Crippen molar-refractivity contribution >= 4 is 40.4 Å². The molecule has 0 aromatic carbocycles. The van der Waals surface area contributed by atoms with Crippen LogP contribution in [0.15, 0.2) is 24.5 Å². The third-order valence-electron chi connectivity index (χ3n) is 2.48. The Morgan fingerprint density at radius 1 is 1.32 bits per heavy atom. The number of halogens is 2. The van der Waals surface area contributed by atoms with Crippen molar-refractivity contribution in [1.82, 2.24) is 14.9 Å². The first-order chi connectivity index (χ1) is 9.10. The molecule has 0 saturated heterocycles. The van der Waals surface area contributed by atoms with Crippen molar-refractivity contribution in [3.63, 3.8) is 0 Å². The van der Waals surface area contributed by atoms with Gasteiger partial charge in [0.2, 0.25) is 0 Å². The van der Waals surface area contributed by atoms with E-state index in [9.17, 15) is 4.79 Å². The second-order valence-electron chi connectivity index (χ2n) is 3.75. The number of carbonyl (C=O) groups is 1. The quantitative estimate of drug-likeness (QED) is 0.867. The summed E-state index contributed by atoms with van der Waals surface area (Å²) in [5.41, 5.74) is 0.286. The largest absolute Gasteiger partial charge is 0.332 e. The minimum absolute atomic E-state index is 0.170. The van der Waals surface area contributed by atoms with Crippen LogP contribution in [0.4, 0.5) is 0 Å². The van der Waals surface area contributed by atoms with E-state index in [-0.39, 0.29) is 16.8 Å². The van der Waals surface area contributed by atoms with Crippen LogP contribution in [0.2, 0.25) is 9.49 Å². The highest BCUT2D eigenvalue weighted by Crippen LogP contribution is 2.23. The SMILES string of the molecule is CCN(Cc1ccc(Cl)s1)C(=O)c1cnc(Cl)cn1. The smallest absolute Gasteiger partial charge is 0.274 e. The van der Waals surface area contributed by atoms with E-state index in [1.54, 1.807) is 4.90 Å². The molecule has 19 heavy (non-hydrogen) atoms. The van der Waals surface area contributed by atoms with E-state index >= 15 is 0 Å². The van der Waals surface area contributed by atoms with Crippen molar-refractivity contribution in [3.8, 4) is 0 Å². The molecule has 100 valence electrons. The van der Waals surface area contributed by atoms with E-state index in [0.29, 0.717) is 17.4 Å². The standard InChI is InChI=1S/C12H11Cl2N3OS/c1-2-17(7-8-3-4-11(14)19-8)12(18)9-5-16-10(13)6-15-9/h3-6H,2,7H2,1H3. The number of hydrogen-bond acceptors (Lipinski definition) is 4. The highest BCUT2D eigenvalue weighted by molar-refractivity contribution is 7.16. The number of rotatable bonds is 4. The number of carbonyl (C=O) groups excluding carboxylic acids is 1. The molecule has 1 amide bonds. The van der Waals surface area contributed by atoms with Crippen LogP contribution >= 0.6 is 34.5 Å². The first-order valence-electron chi connectivity index (χ1n) is 5.61. The molecule has 2 aromatic heterocycles. The number of thiophene rings is 1. The lowest BCUT2D eigenvalue weighted by atomic mass is 10.3. The van der Waals surface area contributed by atoms with Gasteiger partial charge in [-0.1, -0.05) is 23.2 Å². The predicted octanol–water partition coefficient (Wildman–Crippen LogP) is 3.51. The maximum Gasteiger partial charge on any atom is 0.274 e. The number of nitrogens with zero attached hydrogens (tertiary/aromatic N) is 3. The lowest BCUT2D eigenvalue weighted by molar-refractivity contribution is 0.0748. The van der Waals surface area contributed by atoms with Crippen molar-refractivity contribution < 1.29 is 4.79 Å². The molecule has 0 unspecified atom stereocenters. The van der Waals surface area contributed by atoms with Crippen molar-refractivity contribution in [2.75, 3.05) is 6.54 Å². The Labute approximate surface area is 125 Å². The first-order valence-corrected chi connectivity index (χ1v) is 7.18. The second kappa shape index (κ2) is 6.32. The van der Waals surface area contributed by atoms with Gasteiger partial charge in [0.1, 0.15) is 10.8 Å². The molecule has 0 N–H and O–H groups in total. The van der Waals surface area contributed by atoms with E-state index in [1.807, 2.05) is 19.1 Å². The Balaban J connectivity index is 2.12. The Bertz CT molecular complexity index is 571. The molecule has 2 heterocycles. The Morgan fingerprint density at radius 2 is 2.11 bits per heavy atom. The summed E-state index contributed by atoms with van der Waals surface area (Å²) in [5, 5.41) is 0.268. The molecular formula is C12H11Cl2N3OS. The van der Waals surface area contributed by atoms with Crippen LogP contribution in [0.25, 0.3) is 0 Å². The zero-order valence-electron chi connectivity index (χ0n) is 10.1. The summed E-state index contributed by atoms with van der Waals surface area (Å²) in [6, 6.07) is 3.73. The van der Waals surface area contributed by atoms with Gasteiger partial charge >= 0.3 is 0 Å². The van der Waals surface area contributed by atoms with Crippen molar-refractivity contribution in [2.45, 2.75) is 13.5 Å². The lowest BCUT2D eigenvalue weighted by Gasteiger charge is -2.19. The number of aromatic nitrogens is 2. The predicted molar refractivity (Wildman–Crippen MR) is 76.8 cm³/mol. The first kappa shape index (κ1) is 14.2. The summed E-state index contributed by atoms with van der Waals surface area (Å²) >= 11 is 13.0. The molecule has 2 aromatic rings. The number of hydrogen-bond donors (Lipinski definition) is 0.